The molecule has 0 bridgehead atoms. The van der Waals surface area contributed by atoms with Gasteiger partial charge in [0.2, 0.25) is 0 Å². The molecular weight excluding hydrogens is 408 g/mol. The van der Waals surface area contributed by atoms with Gasteiger partial charge >= 0.3 is 0 Å². The third-order valence-electron chi connectivity index (χ3n) is 5.34. The number of hydrogen-bond acceptors (Lipinski definition) is 8. The zero-order chi connectivity index (χ0) is 22.5. The lowest BCUT2D eigenvalue weighted by atomic mass is 10.1. The molecule has 0 spiro atoms. The van der Waals surface area contributed by atoms with Gasteiger partial charge in [-0.15, -0.1) is 10.2 Å². The van der Waals surface area contributed by atoms with Crippen LogP contribution in [-0.4, -0.2) is 66.4 Å². The van der Waals surface area contributed by atoms with Crippen molar-refractivity contribution in [1.82, 2.24) is 20.1 Å². The number of amides is 1. The third-order valence-corrected chi connectivity index (χ3v) is 5.34. The van der Waals surface area contributed by atoms with Crippen molar-refractivity contribution >= 4 is 23.4 Å². The van der Waals surface area contributed by atoms with Crippen LogP contribution in [-0.2, 0) is 0 Å². The second-order valence-electron chi connectivity index (χ2n) is 7.44. The molecule has 9 nitrogen and oxygen atoms in total. The Hall–Kier alpha value is -3.88. The van der Waals surface area contributed by atoms with Crippen molar-refractivity contribution < 1.29 is 14.3 Å². The fourth-order valence-corrected chi connectivity index (χ4v) is 3.60. The van der Waals surface area contributed by atoms with Gasteiger partial charge in [0, 0.05) is 32.4 Å². The maximum atomic E-state index is 13.1. The summed E-state index contributed by atoms with van der Waals surface area (Å²) in [6.45, 7) is 4.48. The van der Waals surface area contributed by atoms with Gasteiger partial charge in [-0.05, 0) is 42.8 Å². The van der Waals surface area contributed by atoms with Crippen LogP contribution in [0.2, 0.25) is 0 Å². The van der Waals surface area contributed by atoms with Crippen molar-refractivity contribution in [2.45, 2.75) is 6.92 Å². The summed E-state index contributed by atoms with van der Waals surface area (Å²) in [5.74, 6) is 3.05. The van der Waals surface area contributed by atoms with Crippen LogP contribution in [0.3, 0.4) is 0 Å². The predicted octanol–water partition coefficient (Wildman–Crippen LogP) is 2.90. The van der Waals surface area contributed by atoms with Crippen LogP contribution in [0.15, 0.2) is 48.7 Å². The number of aryl methyl sites for hydroxylation is 1. The van der Waals surface area contributed by atoms with Crippen LogP contribution in [0.25, 0.3) is 0 Å². The van der Waals surface area contributed by atoms with Crippen molar-refractivity contribution in [3.63, 3.8) is 0 Å². The summed E-state index contributed by atoms with van der Waals surface area (Å²) in [6, 6.07) is 13.0. The van der Waals surface area contributed by atoms with E-state index in [1.807, 2.05) is 36.1 Å². The Morgan fingerprint density at radius 3 is 2.34 bits per heavy atom. The summed E-state index contributed by atoms with van der Waals surface area (Å²) >= 11 is 0. The van der Waals surface area contributed by atoms with Gasteiger partial charge < -0.3 is 24.6 Å². The summed E-state index contributed by atoms with van der Waals surface area (Å²) in [5, 5.41) is 11.7. The van der Waals surface area contributed by atoms with Crippen LogP contribution in [0, 0.1) is 6.92 Å². The van der Waals surface area contributed by atoms with E-state index >= 15 is 0 Å². The molecule has 1 aliphatic rings. The van der Waals surface area contributed by atoms with E-state index in [0.717, 1.165) is 17.2 Å². The number of piperazine rings is 1. The van der Waals surface area contributed by atoms with Gasteiger partial charge in [-0.1, -0.05) is 12.1 Å². The highest BCUT2D eigenvalue weighted by atomic mass is 16.5. The highest BCUT2D eigenvalue weighted by Gasteiger charge is 2.26. The number of ether oxygens (including phenoxy) is 2. The SMILES string of the molecule is COc1cccc(C(=O)N2CCN(c3ccc(Nc4ccc(C)cn4)nn3)CC2)c1OC. The van der Waals surface area contributed by atoms with Crippen molar-refractivity contribution in [3.8, 4) is 11.5 Å². The summed E-state index contributed by atoms with van der Waals surface area (Å²) in [7, 11) is 3.10. The van der Waals surface area contributed by atoms with Gasteiger partial charge in [0.25, 0.3) is 5.91 Å². The summed E-state index contributed by atoms with van der Waals surface area (Å²) in [6.07, 6.45) is 1.80. The van der Waals surface area contributed by atoms with Crippen molar-refractivity contribution in [1.29, 1.82) is 0 Å². The zero-order valence-electron chi connectivity index (χ0n) is 18.4. The lowest BCUT2D eigenvalue weighted by Gasteiger charge is -2.35. The van der Waals surface area contributed by atoms with Gasteiger partial charge in [-0.2, -0.15) is 0 Å². The number of para-hydroxylation sites is 1. The third kappa shape index (κ3) is 4.56. The van der Waals surface area contributed by atoms with E-state index in [1.54, 1.807) is 38.6 Å². The molecule has 1 amide bonds. The lowest BCUT2D eigenvalue weighted by molar-refractivity contribution is 0.0742. The molecule has 9 heteroatoms. The average Bonchev–Trinajstić information content (AvgIpc) is 2.85. The van der Waals surface area contributed by atoms with E-state index in [4.69, 9.17) is 9.47 Å². The summed E-state index contributed by atoms with van der Waals surface area (Å²) in [4.78, 5) is 21.3. The first-order chi connectivity index (χ1) is 15.6. The number of pyridine rings is 1. The average molecular weight is 435 g/mol. The minimum Gasteiger partial charge on any atom is -0.493 e. The standard InChI is InChI=1S/C23H26N6O3/c1-16-7-8-19(24-15-16)25-20-9-10-21(27-26-20)28-11-13-29(14-12-28)23(30)17-5-4-6-18(31-2)22(17)32-3/h4-10,15H,11-14H2,1-3H3,(H,24,25,26). The van der Waals surface area contributed by atoms with E-state index in [-0.39, 0.29) is 5.91 Å². The van der Waals surface area contributed by atoms with E-state index in [0.29, 0.717) is 49.1 Å². The second-order valence-corrected chi connectivity index (χ2v) is 7.44. The molecule has 0 atom stereocenters. The first-order valence-corrected chi connectivity index (χ1v) is 10.4. The number of hydrogen-bond donors (Lipinski definition) is 1. The molecule has 166 valence electrons. The van der Waals surface area contributed by atoms with Crippen molar-refractivity contribution in [2.75, 3.05) is 50.6 Å². The molecule has 1 aromatic carbocycles. The van der Waals surface area contributed by atoms with Crippen LogP contribution < -0.4 is 19.7 Å². The molecule has 3 heterocycles. The number of carbonyl (C=O) groups excluding carboxylic acids is 1. The van der Waals surface area contributed by atoms with E-state index in [1.165, 1.54) is 0 Å². The largest absolute Gasteiger partial charge is 0.493 e. The fourth-order valence-electron chi connectivity index (χ4n) is 3.60. The normalized spacial score (nSPS) is 13.6. The molecule has 1 N–H and O–H groups in total. The summed E-state index contributed by atoms with van der Waals surface area (Å²) in [5.41, 5.74) is 1.60. The smallest absolute Gasteiger partial charge is 0.257 e. The molecule has 0 unspecified atom stereocenters. The quantitative estimate of drug-likeness (QED) is 0.633. The number of aromatic nitrogens is 3. The van der Waals surface area contributed by atoms with E-state index in [9.17, 15) is 4.79 Å². The van der Waals surface area contributed by atoms with Gasteiger partial charge in [-0.25, -0.2) is 4.98 Å². The van der Waals surface area contributed by atoms with Gasteiger partial charge in [0.15, 0.2) is 23.1 Å². The van der Waals surface area contributed by atoms with Gasteiger partial charge in [0.05, 0.1) is 19.8 Å². The number of nitrogens with zero attached hydrogens (tertiary/aromatic N) is 5. The van der Waals surface area contributed by atoms with E-state index < -0.39 is 0 Å². The molecule has 1 fully saturated rings. The highest BCUT2D eigenvalue weighted by molar-refractivity contribution is 5.98. The maximum absolute atomic E-state index is 13.1. The zero-order valence-corrected chi connectivity index (χ0v) is 18.4. The number of nitrogens with one attached hydrogen (secondary N) is 1. The molecule has 1 saturated heterocycles. The molecule has 3 aromatic rings. The highest BCUT2D eigenvalue weighted by Crippen LogP contribution is 2.31. The molecule has 0 saturated carbocycles. The summed E-state index contributed by atoms with van der Waals surface area (Å²) < 4.78 is 10.7. The van der Waals surface area contributed by atoms with E-state index in [2.05, 4.69) is 25.4 Å². The Kier molecular flexibility index (Phi) is 6.34. The van der Waals surface area contributed by atoms with Crippen LogP contribution in [0.5, 0.6) is 11.5 Å². The predicted molar refractivity (Wildman–Crippen MR) is 122 cm³/mol. The molecule has 0 aliphatic carbocycles. The molecule has 32 heavy (non-hydrogen) atoms. The fraction of sp³-hybridized carbons (Fsp3) is 0.304. The number of rotatable bonds is 6. The molecule has 0 radical (unpaired) electrons. The van der Waals surface area contributed by atoms with Crippen molar-refractivity contribution in [2.24, 2.45) is 0 Å². The van der Waals surface area contributed by atoms with Gasteiger partial charge in [0.1, 0.15) is 5.82 Å². The first-order valence-electron chi connectivity index (χ1n) is 10.4. The Morgan fingerprint density at radius 2 is 1.72 bits per heavy atom. The van der Waals surface area contributed by atoms with Crippen LogP contribution in [0.4, 0.5) is 17.5 Å². The minimum absolute atomic E-state index is 0.0726. The minimum atomic E-state index is -0.0726. The second kappa shape index (κ2) is 9.51. The first kappa shape index (κ1) is 21.4. The van der Waals surface area contributed by atoms with Crippen LogP contribution in [0.1, 0.15) is 15.9 Å². The number of carbonyl (C=O) groups is 1. The van der Waals surface area contributed by atoms with Crippen LogP contribution >= 0.6 is 0 Å². The number of methoxy groups -OCH3 is 2. The molecular formula is C23H26N6O3. The molecule has 1 aliphatic heterocycles. The topological polar surface area (TPSA) is 92.7 Å². The Morgan fingerprint density at radius 1 is 0.938 bits per heavy atom. The lowest BCUT2D eigenvalue weighted by Crippen LogP contribution is -2.49. The molecule has 2 aromatic heterocycles. The van der Waals surface area contributed by atoms with Crippen molar-refractivity contribution in [3.05, 3.63) is 59.8 Å². The number of anilines is 3. The van der Waals surface area contributed by atoms with Gasteiger partial charge in [-0.3, -0.25) is 4.79 Å². The molecule has 4 rings (SSSR count). The monoisotopic (exact) mass is 434 g/mol. The Bertz CT molecular complexity index is 1060. The maximum Gasteiger partial charge on any atom is 0.257 e. The number of benzene rings is 1. The Balaban J connectivity index is 1.37. The Labute approximate surface area is 187 Å².